The second kappa shape index (κ2) is 5.83. The van der Waals surface area contributed by atoms with Crippen LogP contribution in [-0.4, -0.2) is 68.3 Å². The van der Waals surface area contributed by atoms with E-state index < -0.39 is 29.8 Å². The number of likely N-dealkylation sites (N-methyl/N-ethyl adjacent to an activating group) is 2. The van der Waals surface area contributed by atoms with Gasteiger partial charge in [-0.1, -0.05) is 0 Å². The van der Waals surface area contributed by atoms with Crippen LogP contribution >= 0.6 is 0 Å². The lowest BCUT2D eigenvalue weighted by Crippen LogP contribution is -2.48. The summed E-state index contributed by atoms with van der Waals surface area (Å²) in [6.07, 6.45) is -2.16. The van der Waals surface area contributed by atoms with Crippen molar-refractivity contribution in [3.63, 3.8) is 0 Å². The molecule has 0 aromatic rings. The fourth-order valence-electron chi connectivity index (χ4n) is 1.66. The minimum atomic E-state index is -1.08. The lowest BCUT2D eigenvalue weighted by atomic mass is 10.2. The van der Waals surface area contributed by atoms with E-state index in [1.54, 1.807) is 13.8 Å². The van der Waals surface area contributed by atoms with Gasteiger partial charge in [0.15, 0.2) is 18.0 Å². The summed E-state index contributed by atoms with van der Waals surface area (Å²) < 4.78 is 10.9. The standard InChI is InChI=1S/C11H20N2O6/c1-11(2)18-7(9(14)12(3)16-5)8(19-11)10(15)13(4)17-6/h7-8H,1-6H3/t7-,8-/m1/s1. The maximum Gasteiger partial charge on any atom is 0.278 e. The Morgan fingerprint density at radius 3 is 1.53 bits per heavy atom. The number of hydrogen-bond donors (Lipinski definition) is 0. The third-order valence-electron chi connectivity index (χ3n) is 2.75. The van der Waals surface area contributed by atoms with Crippen LogP contribution in [0.2, 0.25) is 0 Å². The van der Waals surface area contributed by atoms with Crippen molar-refractivity contribution < 1.29 is 28.7 Å². The maximum atomic E-state index is 12.1. The Bertz CT molecular complexity index is 327. The van der Waals surface area contributed by atoms with Crippen molar-refractivity contribution in [2.45, 2.75) is 31.8 Å². The van der Waals surface area contributed by atoms with Gasteiger partial charge in [0.1, 0.15) is 0 Å². The number of hydrogen-bond acceptors (Lipinski definition) is 6. The Morgan fingerprint density at radius 1 is 0.947 bits per heavy atom. The summed E-state index contributed by atoms with van der Waals surface area (Å²) in [5.74, 6) is -2.05. The number of hydroxylamine groups is 4. The molecular formula is C11H20N2O6. The highest BCUT2D eigenvalue weighted by Crippen LogP contribution is 2.30. The van der Waals surface area contributed by atoms with E-state index in [0.717, 1.165) is 10.1 Å². The summed E-state index contributed by atoms with van der Waals surface area (Å²) in [6.45, 7) is 3.25. The first kappa shape index (κ1) is 15.8. The molecule has 2 atom stereocenters. The van der Waals surface area contributed by atoms with Crippen molar-refractivity contribution in [3.05, 3.63) is 0 Å². The normalized spacial score (nSPS) is 25.2. The molecule has 8 nitrogen and oxygen atoms in total. The SMILES string of the molecule is CON(C)C(=O)[C@@H]1OC(C)(C)O[C@H]1C(=O)N(C)OC. The minimum absolute atomic E-state index is 0.504. The number of carbonyl (C=O) groups is 2. The summed E-state index contributed by atoms with van der Waals surface area (Å²) >= 11 is 0. The van der Waals surface area contributed by atoms with Crippen LogP contribution in [0.5, 0.6) is 0 Å². The predicted molar refractivity (Wildman–Crippen MR) is 63.4 cm³/mol. The van der Waals surface area contributed by atoms with E-state index in [0.29, 0.717) is 0 Å². The van der Waals surface area contributed by atoms with E-state index >= 15 is 0 Å². The van der Waals surface area contributed by atoms with Gasteiger partial charge in [0.05, 0.1) is 14.2 Å². The molecule has 1 aliphatic heterocycles. The fraction of sp³-hybridized carbons (Fsp3) is 0.818. The monoisotopic (exact) mass is 276 g/mol. The van der Waals surface area contributed by atoms with Crippen LogP contribution in [0, 0.1) is 0 Å². The quantitative estimate of drug-likeness (QED) is 0.647. The van der Waals surface area contributed by atoms with E-state index in [1.165, 1.54) is 28.3 Å². The Kier molecular flexibility index (Phi) is 4.86. The fourth-order valence-corrected chi connectivity index (χ4v) is 1.66. The molecule has 1 aliphatic rings. The van der Waals surface area contributed by atoms with E-state index in [-0.39, 0.29) is 0 Å². The molecule has 0 radical (unpaired) electrons. The summed E-state index contributed by atoms with van der Waals surface area (Å²) in [6, 6.07) is 0. The van der Waals surface area contributed by atoms with Crippen LogP contribution in [0.15, 0.2) is 0 Å². The van der Waals surface area contributed by atoms with Crippen LogP contribution in [-0.2, 0) is 28.7 Å². The Labute approximate surface area is 112 Å². The van der Waals surface area contributed by atoms with Crippen LogP contribution in [0.25, 0.3) is 0 Å². The lowest BCUT2D eigenvalue weighted by Gasteiger charge is -2.23. The lowest BCUT2D eigenvalue weighted by molar-refractivity contribution is -0.188. The number of nitrogens with zero attached hydrogens (tertiary/aromatic N) is 2. The number of rotatable bonds is 4. The average molecular weight is 276 g/mol. The molecule has 0 spiro atoms. The van der Waals surface area contributed by atoms with Crippen LogP contribution in [0.3, 0.4) is 0 Å². The van der Waals surface area contributed by atoms with E-state index in [1.807, 2.05) is 0 Å². The van der Waals surface area contributed by atoms with E-state index in [2.05, 4.69) is 0 Å². The summed E-state index contributed by atoms with van der Waals surface area (Å²) in [4.78, 5) is 33.7. The van der Waals surface area contributed by atoms with Gasteiger partial charge < -0.3 is 9.47 Å². The first-order valence-corrected chi connectivity index (χ1v) is 5.72. The molecule has 1 saturated heterocycles. The smallest absolute Gasteiger partial charge is 0.278 e. The van der Waals surface area contributed by atoms with Crippen molar-refractivity contribution in [1.82, 2.24) is 10.1 Å². The number of amides is 2. The van der Waals surface area contributed by atoms with Gasteiger partial charge in [0, 0.05) is 14.1 Å². The third-order valence-corrected chi connectivity index (χ3v) is 2.75. The topological polar surface area (TPSA) is 77.5 Å². The summed E-state index contributed by atoms with van der Waals surface area (Å²) in [5.41, 5.74) is 0. The summed E-state index contributed by atoms with van der Waals surface area (Å²) in [7, 11) is 5.55. The van der Waals surface area contributed by atoms with Gasteiger partial charge in [-0.3, -0.25) is 19.3 Å². The second-order valence-electron chi connectivity index (χ2n) is 4.51. The largest absolute Gasteiger partial charge is 0.334 e. The molecule has 0 unspecified atom stereocenters. The van der Waals surface area contributed by atoms with Crippen molar-refractivity contribution in [2.24, 2.45) is 0 Å². The third kappa shape index (κ3) is 3.41. The van der Waals surface area contributed by atoms with Gasteiger partial charge in [-0.25, -0.2) is 10.1 Å². The average Bonchev–Trinajstić information content (AvgIpc) is 2.70. The summed E-state index contributed by atoms with van der Waals surface area (Å²) in [5, 5.41) is 1.98. The van der Waals surface area contributed by atoms with Gasteiger partial charge in [0.25, 0.3) is 11.8 Å². The highest BCUT2D eigenvalue weighted by Gasteiger charge is 2.50. The molecule has 0 saturated carbocycles. The molecule has 19 heavy (non-hydrogen) atoms. The molecule has 0 aromatic carbocycles. The van der Waals surface area contributed by atoms with Crippen LogP contribution < -0.4 is 0 Å². The zero-order valence-corrected chi connectivity index (χ0v) is 12.0. The molecule has 110 valence electrons. The second-order valence-corrected chi connectivity index (χ2v) is 4.51. The molecular weight excluding hydrogens is 256 g/mol. The highest BCUT2D eigenvalue weighted by molar-refractivity contribution is 5.90. The Hall–Kier alpha value is -1.22. The first-order chi connectivity index (χ1) is 8.73. The van der Waals surface area contributed by atoms with Gasteiger partial charge in [-0.2, -0.15) is 0 Å². The zero-order chi connectivity index (χ0) is 14.8. The van der Waals surface area contributed by atoms with Crippen molar-refractivity contribution in [2.75, 3.05) is 28.3 Å². The van der Waals surface area contributed by atoms with Gasteiger partial charge in [0.2, 0.25) is 0 Å². The van der Waals surface area contributed by atoms with Crippen LogP contribution in [0.1, 0.15) is 13.8 Å². The predicted octanol–water partition coefficient (Wildman–Crippen LogP) is -0.454. The zero-order valence-electron chi connectivity index (χ0n) is 12.0. The van der Waals surface area contributed by atoms with Gasteiger partial charge in [-0.05, 0) is 13.8 Å². The molecule has 1 fully saturated rings. The maximum absolute atomic E-state index is 12.1. The number of ether oxygens (including phenoxy) is 2. The van der Waals surface area contributed by atoms with Gasteiger partial charge >= 0.3 is 0 Å². The molecule has 1 rings (SSSR count). The van der Waals surface area contributed by atoms with Crippen molar-refractivity contribution in [1.29, 1.82) is 0 Å². The molecule has 0 N–H and O–H groups in total. The molecule has 0 aromatic heterocycles. The van der Waals surface area contributed by atoms with E-state index in [4.69, 9.17) is 19.1 Å². The molecule has 0 aliphatic carbocycles. The van der Waals surface area contributed by atoms with Crippen molar-refractivity contribution >= 4 is 11.8 Å². The molecule has 8 heteroatoms. The highest BCUT2D eigenvalue weighted by atomic mass is 16.8. The van der Waals surface area contributed by atoms with E-state index in [9.17, 15) is 9.59 Å². The first-order valence-electron chi connectivity index (χ1n) is 5.72. The van der Waals surface area contributed by atoms with Gasteiger partial charge in [-0.15, -0.1) is 0 Å². The Morgan fingerprint density at radius 2 is 1.26 bits per heavy atom. The molecule has 1 heterocycles. The minimum Gasteiger partial charge on any atom is -0.334 e. The van der Waals surface area contributed by atoms with Crippen molar-refractivity contribution in [3.8, 4) is 0 Å². The molecule has 0 bridgehead atoms. The molecule has 2 amide bonds. The van der Waals surface area contributed by atoms with Crippen LogP contribution in [0.4, 0.5) is 0 Å². The Balaban J connectivity index is 2.93. The number of carbonyl (C=O) groups excluding carboxylic acids is 2.